The second kappa shape index (κ2) is 10.3. The minimum Gasteiger partial charge on any atom is -0.490 e. The van der Waals surface area contributed by atoms with Crippen molar-refractivity contribution in [3.05, 3.63) is 52.5 Å². The first-order chi connectivity index (χ1) is 16.2. The van der Waals surface area contributed by atoms with Crippen molar-refractivity contribution in [1.82, 2.24) is 15.2 Å². The zero-order valence-electron chi connectivity index (χ0n) is 18.6. The number of unbranched alkanes of at least 4 members (excludes halogenated alkanes) is 1. The molecule has 0 bridgehead atoms. The molecule has 0 spiro atoms. The fourth-order valence-corrected chi connectivity index (χ4v) is 5.33. The normalized spacial score (nSPS) is 17.5. The number of benzene rings is 2. The van der Waals surface area contributed by atoms with Gasteiger partial charge in [0.25, 0.3) is 0 Å². The van der Waals surface area contributed by atoms with Crippen LogP contribution in [0.2, 0.25) is 0 Å². The summed E-state index contributed by atoms with van der Waals surface area (Å²) >= 11 is 5.18. The van der Waals surface area contributed by atoms with Gasteiger partial charge in [-0.1, -0.05) is 41.0 Å². The third kappa shape index (κ3) is 5.27. The molecule has 5 rings (SSSR count). The topological polar surface area (TPSA) is 69.2 Å². The van der Waals surface area contributed by atoms with Gasteiger partial charge in [-0.3, -0.25) is 0 Å². The quantitative estimate of drug-likeness (QED) is 0.262. The van der Waals surface area contributed by atoms with Crippen LogP contribution in [0.25, 0.3) is 11.3 Å². The van der Waals surface area contributed by atoms with Crippen molar-refractivity contribution in [2.45, 2.75) is 62.9 Å². The van der Waals surface area contributed by atoms with Gasteiger partial charge < -0.3 is 14.8 Å². The van der Waals surface area contributed by atoms with Crippen LogP contribution >= 0.6 is 27.7 Å². The molecule has 2 aromatic carbocycles. The molecule has 0 amide bonds. The lowest BCUT2D eigenvalue weighted by Gasteiger charge is -2.20. The zero-order valence-corrected chi connectivity index (χ0v) is 21.0. The number of nitrogens with one attached hydrogen (secondary N) is 1. The monoisotopic (exact) mass is 526 g/mol. The van der Waals surface area contributed by atoms with Crippen LogP contribution in [-0.2, 0) is 0 Å². The van der Waals surface area contributed by atoms with Crippen molar-refractivity contribution in [1.29, 1.82) is 0 Å². The van der Waals surface area contributed by atoms with Gasteiger partial charge in [-0.05, 0) is 74.6 Å². The molecule has 1 fully saturated rings. The number of thioether (sulfide) groups is 1. The molecule has 1 aliphatic heterocycles. The maximum absolute atomic E-state index is 6.39. The van der Waals surface area contributed by atoms with E-state index < -0.39 is 6.23 Å². The maximum Gasteiger partial charge on any atom is 0.247 e. The molecular formula is C25H27BrN4O2S. The Morgan fingerprint density at radius 3 is 2.73 bits per heavy atom. The van der Waals surface area contributed by atoms with Gasteiger partial charge in [0.2, 0.25) is 11.0 Å². The van der Waals surface area contributed by atoms with E-state index in [1.165, 1.54) is 12.8 Å². The molecule has 1 saturated carbocycles. The van der Waals surface area contributed by atoms with Gasteiger partial charge in [0.1, 0.15) is 5.75 Å². The van der Waals surface area contributed by atoms with Crippen LogP contribution in [0.5, 0.6) is 11.6 Å². The van der Waals surface area contributed by atoms with Crippen LogP contribution in [0.1, 0.15) is 57.2 Å². The van der Waals surface area contributed by atoms with Crippen LogP contribution < -0.4 is 14.8 Å². The fraction of sp³-hybridized carbons (Fsp3) is 0.400. The highest BCUT2D eigenvalue weighted by molar-refractivity contribution is 9.10. The van der Waals surface area contributed by atoms with Crippen molar-refractivity contribution in [2.75, 3.05) is 11.1 Å². The van der Waals surface area contributed by atoms with Crippen molar-refractivity contribution in [2.24, 2.45) is 0 Å². The first kappa shape index (κ1) is 22.5. The lowest BCUT2D eigenvalue weighted by atomic mass is 10.1. The molecule has 2 aliphatic rings. The lowest BCUT2D eigenvalue weighted by Crippen LogP contribution is -2.17. The SMILES string of the molecule is CCCCSc1nnc2c(n1)OC(c1ccc(OC3CCCC3)cc1)Nc1ccc(Br)cc1-2. The van der Waals surface area contributed by atoms with Crippen molar-refractivity contribution in [3.63, 3.8) is 0 Å². The highest BCUT2D eigenvalue weighted by atomic mass is 79.9. The first-order valence-corrected chi connectivity index (χ1v) is 13.3. The Labute approximate surface area is 207 Å². The average Bonchev–Trinajstić information content (AvgIpc) is 3.28. The number of fused-ring (bicyclic) bond motifs is 3. The molecule has 0 saturated heterocycles. The fourth-order valence-electron chi connectivity index (χ4n) is 4.11. The van der Waals surface area contributed by atoms with Crippen LogP contribution in [0, 0.1) is 0 Å². The summed E-state index contributed by atoms with van der Waals surface area (Å²) in [6.45, 7) is 2.18. The van der Waals surface area contributed by atoms with E-state index in [0.29, 0.717) is 22.8 Å². The van der Waals surface area contributed by atoms with Crippen molar-refractivity contribution >= 4 is 33.4 Å². The second-order valence-electron chi connectivity index (χ2n) is 8.38. The van der Waals surface area contributed by atoms with Gasteiger partial charge >= 0.3 is 0 Å². The number of aromatic nitrogens is 3. The molecule has 1 atom stereocenters. The summed E-state index contributed by atoms with van der Waals surface area (Å²) in [5.74, 6) is 2.36. The van der Waals surface area contributed by atoms with Crippen LogP contribution in [0.3, 0.4) is 0 Å². The van der Waals surface area contributed by atoms with Gasteiger partial charge in [0, 0.05) is 27.0 Å². The van der Waals surface area contributed by atoms with E-state index in [9.17, 15) is 0 Å². The smallest absolute Gasteiger partial charge is 0.247 e. The molecule has 1 unspecified atom stereocenters. The van der Waals surface area contributed by atoms with Gasteiger partial charge in [-0.2, -0.15) is 4.98 Å². The summed E-state index contributed by atoms with van der Waals surface area (Å²) in [5.41, 5.74) is 3.47. The van der Waals surface area contributed by atoms with Crippen molar-refractivity contribution < 1.29 is 9.47 Å². The van der Waals surface area contributed by atoms with E-state index in [2.05, 4.69) is 50.5 Å². The molecule has 2 heterocycles. The molecule has 33 heavy (non-hydrogen) atoms. The highest BCUT2D eigenvalue weighted by Gasteiger charge is 2.26. The van der Waals surface area contributed by atoms with E-state index >= 15 is 0 Å². The van der Waals surface area contributed by atoms with Crippen LogP contribution in [0.15, 0.2) is 52.1 Å². The Morgan fingerprint density at radius 2 is 1.94 bits per heavy atom. The van der Waals surface area contributed by atoms with Gasteiger partial charge in [0.15, 0.2) is 11.9 Å². The zero-order chi connectivity index (χ0) is 22.6. The maximum atomic E-state index is 6.39. The molecule has 1 N–H and O–H groups in total. The third-order valence-electron chi connectivity index (χ3n) is 5.90. The van der Waals surface area contributed by atoms with E-state index in [4.69, 9.17) is 14.5 Å². The van der Waals surface area contributed by atoms with Crippen LogP contribution in [-0.4, -0.2) is 27.0 Å². The largest absolute Gasteiger partial charge is 0.490 e. The summed E-state index contributed by atoms with van der Waals surface area (Å²) in [5, 5.41) is 13.0. The van der Waals surface area contributed by atoms with E-state index in [1.807, 2.05) is 30.3 Å². The average molecular weight is 527 g/mol. The summed E-state index contributed by atoms with van der Waals surface area (Å²) < 4.78 is 13.5. The van der Waals surface area contributed by atoms with Crippen molar-refractivity contribution in [3.8, 4) is 22.9 Å². The van der Waals surface area contributed by atoms with Gasteiger partial charge in [-0.15, -0.1) is 10.2 Å². The van der Waals surface area contributed by atoms with Gasteiger partial charge in [0.05, 0.1) is 6.10 Å². The molecule has 1 aliphatic carbocycles. The first-order valence-electron chi connectivity index (χ1n) is 11.6. The molecule has 172 valence electrons. The number of hydrogen-bond acceptors (Lipinski definition) is 7. The summed E-state index contributed by atoms with van der Waals surface area (Å²) in [6, 6.07) is 14.2. The second-order valence-corrected chi connectivity index (χ2v) is 10.4. The molecule has 0 radical (unpaired) electrons. The number of rotatable bonds is 7. The Hall–Kier alpha value is -2.32. The molecule has 1 aromatic heterocycles. The number of ether oxygens (including phenoxy) is 2. The Kier molecular flexibility index (Phi) is 7.02. The Balaban J connectivity index is 1.44. The van der Waals surface area contributed by atoms with E-state index in [0.717, 1.165) is 58.5 Å². The minimum atomic E-state index is -0.406. The minimum absolute atomic E-state index is 0.340. The Bertz CT molecular complexity index is 1110. The Morgan fingerprint density at radius 1 is 1.12 bits per heavy atom. The summed E-state index contributed by atoms with van der Waals surface area (Å²) in [6.07, 6.45) is 6.98. The van der Waals surface area contributed by atoms with E-state index in [1.54, 1.807) is 11.8 Å². The predicted molar refractivity (Wildman–Crippen MR) is 135 cm³/mol. The number of nitrogens with zero attached hydrogens (tertiary/aromatic N) is 3. The highest BCUT2D eigenvalue weighted by Crippen LogP contribution is 2.41. The molecular weight excluding hydrogens is 500 g/mol. The molecule has 6 nitrogen and oxygen atoms in total. The van der Waals surface area contributed by atoms with Gasteiger partial charge in [-0.25, -0.2) is 0 Å². The van der Waals surface area contributed by atoms with E-state index in [-0.39, 0.29) is 0 Å². The molecule has 8 heteroatoms. The number of anilines is 1. The predicted octanol–water partition coefficient (Wildman–Crippen LogP) is 7.02. The molecule has 3 aromatic rings. The number of halogens is 1. The summed E-state index contributed by atoms with van der Waals surface area (Å²) in [4.78, 5) is 4.72. The summed E-state index contributed by atoms with van der Waals surface area (Å²) in [7, 11) is 0. The van der Waals surface area contributed by atoms with Crippen LogP contribution in [0.4, 0.5) is 5.69 Å². The third-order valence-corrected chi connectivity index (χ3v) is 7.32. The standard InChI is InChI=1S/C25H27BrN4O2S/c1-2-3-14-33-25-28-24-22(29-30-25)20-15-17(26)10-13-21(20)27-23(32-24)16-8-11-19(12-9-16)31-18-6-4-5-7-18/h8-13,15,18,23,27H,2-7,14H2,1H3. The lowest BCUT2D eigenvalue weighted by molar-refractivity contribution is 0.209. The number of hydrogen-bond donors (Lipinski definition) is 1.